The monoisotopic (exact) mass is 444 g/mol. The lowest BCUT2D eigenvalue weighted by atomic mass is 10.0. The Morgan fingerprint density at radius 3 is 2.16 bits per heavy atom. The molecule has 0 radical (unpaired) electrons. The standard InChI is InChI=1S/C24H32N2O4S/c1-6-17-9-11-18(12-10-17)20-21(31(28,29)19-13-7-16(2)8-14-19)24(20,15-25)26-22(27)30-23(3,4)5/h7-14,20-21H,6,15,25H2,1-5H3,(H,26,27)/t20-,21+,24+/m1/s1. The zero-order valence-electron chi connectivity index (χ0n) is 18.8. The van der Waals surface area contributed by atoms with Crippen molar-refractivity contribution in [3.8, 4) is 0 Å². The smallest absolute Gasteiger partial charge is 0.408 e. The molecule has 2 aromatic carbocycles. The molecule has 0 bridgehead atoms. The number of hydrogen-bond donors (Lipinski definition) is 2. The van der Waals surface area contributed by atoms with Gasteiger partial charge >= 0.3 is 6.09 Å². The summed E-state index contributed by atoms with van der Waals surface area (Å²) in [5, 5.41) is 1.94. The highest BCUT2D eigenvalue weighted by Crippen LogP contribution is 2.57. The molecule has 168 valence electrons. The number of carbonyl (C=O) groups is 1. The van der Waals surface area contributed by atoms with Crippen LogP contribution in [0.4, 0.5) is 4.79 Å². The van der Waals surface area contributed by atoms with Crippen LogP contribution in [-0.4, -0.2) is 37.4 Å². The molecule has 0 spiro atoms. The van der Waals surface area contributed by atoms with Crippen LogP contribution in [0.1, 0.15) is 50.3 Å². The van der Waals surface area contributed by atoms with Crippen LogP contribution in [0.15, 0.2) is 53.4 Å². The third-order valence-corrected chi connectivity index (χ3v) is 8.05. The molecule has 1 amide bonds. The van der Waals surface area contributed by atoms with Gasteiger partial charge in [0.1, 0.15) is 10.9 Å². The van der Waals surface area contributed by atoms with Gasteiger partial charge < -0.3 is 15.8 Å². The van der Waals surface area contributed by atoms with Crippen molar-refractivity contribution in [2.45, 2.75) is 68.2 Å². The lowest BCUT2D eigenvalue weighted by Gasteiger charge is -2.24. The van der Waals surface area contributed by atoms with E-state index >= 15 is 0 Å². The second kappa shape index (κ2) is 8.28. The van der Waals surface area contributed by atoms with Gasteiger partial charge in [-0.05, 0) is 57.4 Å². The quantitative estimate of drug-likeness (QED) is 0.708. The molecule has 0 aromatic heterocycles. The van der Waals surface area contributed by atoms with Gasteiger partial charge in [0.25, 0.3) is 0 Å². The van der Waals surface area contributed by atoms with E-state index in [-0.39, 0.29) is 11.4 Å². The van der Waals surface area contributed by atoms with Crippen molar-refractivity contribution in [2.24, 2.45) is 5.73 Å². The highest BCUT2D eigenvalue weighted by molar-refractivity contribution is 7.92. The number of nitrogens with one attached hydrogen (secondary N) is 1. The first-order valence-corrected chi connectivity index (χ1v) is 12.1. The molecule has 0 unspecified atom stereocenters. The summed E-state index contributed by atoms with van der Waals surface area (Å²) >= 11 is 0. The number of amides is 1. The van der Waals surface area contributed by atoms with Crippen molar-refractivity contribution in [2.75, 3.05) is 6.54 Å². The van der Waals surface area contributed by atoms with E-state index in [1.807, 2.05) is 31.2 Å². The summed E-state index contributed by atoms with van der Waals surface area (Å²) in [7, 11) is -3.75. The second-order valence-corrected chi connectivity index (χ2v) is 11.3. The highest BCUT2D eigenvalue weighted by atomic mass is 32.2. The molecule has 0 saturated heterocycles. The number of hydrogen-bond acceptors (Lipinski definition) is 5. The number of benzene rings is 2. The van der Waals surface area contributed by atoms with Crippen molar-refractivity contribution < 1.29 is 17.9 Å². The minimum Gasteiger partial charge on any atom is -0.444 e. The molecular weight excluding hydrogens is 412 g/mol. The van der Waals surface area contributed by atoms with Gasteiger partial charge in [0.05, 0.1) is 10.4 Å². The van der Waals surface area contributed by atoms with Gasteiger partial charge in [-0.25, -0.2) is 13.2 Å². The Bertz CT molecular complexity index is 1040. The van der Waals surface area contributed by atoms with E-state index in [1.54, 1.807) is 45.0 Å². The molecule has 1 aliphatic rings. The molecule has 0 aliphatic heterocycles. The molecule has 31 heavy (non-hydrogen) atoms. The third kappa shape index (κ3) is 4.62. The minimum atomic E-state index is -3.75. The minimum absolute atomic E-state index is 0.0256. The Kier molecular flexibility index (Phi) is 6.22. The van der Waals surface area contributed by atoms with Crippen LogP contribution in [0.25, 0.3) is 0 Å². The molecule has 3 atom stereocenters. The van der Waals surface area contributed by atoms with E-state index in [9.17, 15) is 13.2 Å². The Morgan fingerprint density at radius 1 is 1.10 bits per heavy atom. The molecule has 0 heterocycles. The van der Waals surface area contributed by atoms with Crippen LogP contribution in [0.5, 0.6) is 0 Å². The van der Waals surface area contributed by atoms with Crippen LogP contribution < -0.4 is 11.1 Å². The summed E-state index contributed by atoms with van der Waals surface area (Å²) in [5.74, 6) is -0.470. The predicted molar refractivity (Wildman–Crippen MR) is 122 cm³/mol. The van der Waals surface area contributed by atoms with E-state index in [2.05, 4.69) is 12.2 Å². The van der Waals surface area contributed by atoms with Crippen LogP contribution in [0.3, 0.4) is 0 Å². The van der Waals surface area contributed by atoms with Crippen molar-refractivity contribution in [1.29, 1.82) is 0 Å². The van der Waals surface area contributed by atoms with Gasteiger partial charge in [-0.2, -0.15) is 0 Å². The molecule has 1 saturated carbocycles. The fourth-order valence-electron chi connectivity index (χ4n) is 4.10. The number of aryl methyl sites for hydroxylation is 2. The van der Waals surface area contributed by atoms with Crippen LogP contribution in [0.2, 0.25) is 0 Å². The summed E-state index contributed by atoms with van der Waals surface area (Å²) < 4.78 is 32.6. The Labute approximate surface area is 185 Å². The predicted octanol–water partition coefficient (Wildman–Crippen LogP) is 3.72. The first kappa shape index (κ1) is 23.3. The van der Waals surface area contributed by atoms with E-state index in [0.29, 0.717) is 0 Å². The summed E-state index contributed by atoms with van der Waals surface area (Å²) in [5.41, 5.74) is 7.23. The SMILES string of the molecule is CCc1ccc([C@@H]2[C@H](S(=O)(=O)c3ccc(C)cc3)[C@@]2(CN)NC(=O)OC(C)(C)C)cc1. The summed E-state index contributed by atoms with van der Waals surface area (Å²) in [6, 6.07) is 14.6. The van der Waals surface area contributed by atoms with Crippen LogP contribution in [-0.2, 0) is 21.0 Å². The van der Waals surface area contributed by atoms with E-state index in [1.165, 1.54) is 0 Å². The number of sulfone groups is 1. The van der Waals surface area contributed by atoms with E-state index in [0.717, 1.165) is 23.1 Å². The molecule has 2 aromatic rings. The molecule has 1 fully saturated rings. The van der Waals surface area contributed by atoms with Crippen LogP contribution in [0, 0.1) is 6.92 Å². The second-order valence-electron chi connectivity index (χ2n) is 9.22. The summed E-state index contributed by atoms with van der Waals surface area (Å²) in [6.45, 7) is 9.22. The zero-order valence-corrected chi connectivity index (χ0v) is 19.6. The van der Waals surface area contributed by atoms with E-state index < -0.39 is 38.2 Å². The molecular formula is C24H32N2O4S. The third-order valence-electron chi connectivity index (χ3n) is 5.76. The van der Waals surface area contributed by atoms with Gasteiger partial charge in [-0.1, -0.05) is 48.9 Å². The molecule has 1 aliphatic carbocycles. The first-order valence-electron chi connectivity index (χ1n) is 10.6. The Morgan fingerprint density at radius 2 is 1.68 bits per heavy atom. The Hall–Kier alpha value is -2.38. The number of rotatable bonds is 6. The summed E-state index contributed by atoms with van der Waals surface area (Å²) in [4.78, 5) is 12.8. The first-order chi connectivity index (χ1) is 14.4. The number of ether oxygens (including phenoxy) is 1. The number of alkyl carbamates (subject to hydrolysis) is 1. The topological polar surface area (TPSA) is 98.5 Å². The number of nitrogens with two attached hydrogens (primary N) is 1. The van der Waals surface area contributed by atoms with Crippen molar-refractivity contribution >= 4 is 15.9 Å². The van der Waals surface area contributed by atoms with Crippen molar-refractivity contribution in [3.05, 3.63) is 65.2 Å². The maximum Gasteiger partial charge on any atom is 0.408 e. The highest BCUT2D eigenvalue weighted by Gasteiger charge is 2.71. The van der Waals surface area contributed by atoms with Crippen molar-refractivity contribution in [1.82, 2.24) is 5.32 Å². The zero-order chi connectivity index (χ0) is 23.0. The molecule has 3 rings (SSSR count). The maximum atomic E-state index is 13.6. The van der Waals surface area contributed by atoms with E-state index in [4.69, 9.17) is 10.5 Å². The maximum absolute atomic E-state index is 13.6. The average molecular weight is 445 g/mol. The van der Waals surface area contributed by atoms with Gasteiger partial charge in [-0.3, -0.25) is 0 Å². The van der Waals surface area contributed by atoms with Crippen LogP contribution >= 0.6 is 0 Å². The number of carbonyl (C=O) groups excluding carboxylic acids is 1. The fraction of sp³-hybridized carbons (Fsp3) is 0.458. The average Bonchev–Trinajstić information content (AvgIpc) is 3.36. The largest absolute Gasteiger partial charge is 0.444 e. The fourth-order valence-corrected chi connectivity index (χ4v) is 6.45. The van der Waals surface area contributed by atoms with Crippen molar-refractivity contribution in [3.63, 3.8) is 0 Å². The lowest BCUT2D eigenvalue weighted by Crippen LogP contribution is -2.49. The molecule has 6 nitrogen and oxygen atoms in total. The van der Waals surface area contributed by atoms with Gasteiger partial charge in [0, 0.05) is 12.5 Å². The van der Waals surface area contributed by atoms with Gasteiger partial charge in [0.15, 0.2) is 9.84 Å². The lowest BCUT2D eigenvalue weighted by molar-refractivity contribution is 0.0497. The van der Waals surface area contributed by atoms with Gasteiger partial charge in [0.2, 0.25) is 0 Å². The molecule has 7 heteroatoms. The van der Waals surface area contributed by atoms with Gasteiger partial charge in [-0.15, -0.1) is 0 Å². The molecule has 3 N–H and O–H groups in total. The normalized spacial score (nSPS) is 23.3. The Balaban J connectivity index is 2.03. The summed E-state index contributed by atoms with van der Waals surface area (Å²) in [6.07, 6.45) is 0.212.